The zero-order valence-corrected chi connectivity index (χ0v) is 14.2. The molecular weight excluding hydrogens is 349 g/mol. The van der Waals surface area contributed by atoms with Gasteiger partial charge < -0.3 is 9.47 Å². The van der Waals surface area contributed by atoms with Gasteiger partial charge in [0.05, 0.1) is 19.8 Å². The van der Waals surface area contributed by atoms with Gasteiger partial charge in [-0.3, -0.25) is 9.59 Å². The molecule has 0 saturated heterocycles. The quantitative estimate of drug-likeness (QED) is 0.674. The Morgan fingerprint density at radius 1 is 0.808 bits per heavy atom. The molecule has 0 bridgehead atoms. The molecule has 0 fully saturated rings. The lowest BCUT2D eigenvalue weighted by molar-refractivity contribution is -0.137. The van der Waals surface area contributed by atoms with E-state index < -0.39 is 17.5 Å². The number of hydrogen-bond acceptors (Lipinski definition) is 4. The van der Waals surface area contributed by atoms with E-state index >= 15 is 0 Å². The molecule has 0 aliphatic carbocycles. The Balaban J connectivity index is 2.01. The Hall–Kier alpha value is -2.83. The summed E-state index contributed by atoms with van der Waals surface area (Å²) < 4.78 is 47.8. The van der Waals surface area contributed by atoms with Crippen molar-refractivity contribution in [3.05, 3.63) is 59.2 Å². The molecule has 2 rings (SSSR count). The molecule has 0 radical (unpaired) electrons. The minimum Gasteiger partial charge on any atom is -0.493 e. The first-order valence-corrected chi connectivity index (χ1v) is 7.72. The van der Waals surface area contributed by atoms with Crippen LogP contribution in [0.25, 0.3) is 0 Å². The molecule has 0 amide bonds. The molecule has 0 N–H and O–H groups in total. The van der Waals surface area contributed by atoms with Crippen LogP contribution in [0.2, 0.25) is 0 Å². The number of halogens is 3. The van der Waals surface area contributed by atoms with Crippen molar-refractivity contribution >= 4 is 11.6 Å². The SMILES string of the molecule is COc1ccc(C(=O)CCC(=O)c2ccc(C(F)(F)F)cc2)cc1OC. The molecule has 26 heavy (non-hydrogen) atoms. The number of benzene rings is 2. The minimum absolute atomic E-state index is 0.0602. The van der Waals surface area contributed by atoms with Crippen LogP contribution in [0, 0.1) is 0 Å². The van der Waals surface area contributed by atoms with E-state index in [4.69, 9.17) is 9.47 Å². The van der Waals surface area contributed by atoms with Gasteiger partial charge in [-0.1, -0.05) is 12.1 Å². The van der Waals surface area contributed by atoms with Gasteiger partial charge in [-0.15, -0.1) is 0 Å². The standard InChI is InChI=1S/C19H17F3O4/c1-25-17-10-5-13(11-18(17)26-2)16(24)9-8-15(23)12-3-6-14(7-4-12)19(20,21)22/h3-7,10-11H,8-9H2,1-2H3. The Kier molecular flexibility index (Phi) is 6.02. The van der Waals surface area contributed by atoms with E-state index in [1.165, 1.54) is 20.3 Å². The van der Waals surface area contributed by atoms with Crippen molar-refractivity contribution in [1.29, 1.82) is 0 Å². The Labute approximate surface area is 148 Å². The Morgan fingerprint density at radius 3 is 1.81 bits per heavy atom. The van der Waals surface area contributed by atoms with Crippen molar-refractivity contribution < 1.29 is 32.2 Å². The maximum Gasteiger partial charge on any atom is 0.416 e. The monoisotopic (exact) mass is 366 g/mol. The number of hydrogen-bond donors (Lipinski definition) is 0. The molecule has 0 saturated carbocycles. The number of methoxy groups -OCH3 is 2. The lowest BCUT2D eigenvalue weighted by Gasteiger charge is -2.09. The van der Waals surface area contributed by atoms with Gasteiger partial charge in [0, 0.05) is 24.0 Å². The summed E-state index contributed by atoms with van der Waals surface area (Å²) in [5.41, 5.74) is -0.323. The molecule has 138 valence electrons. The van der Waals surface area contributed by atoms with Gasteiger partial charge in [0.25, 0.3) is 0 Å². The third-order valence-corrected chi connectivity index (χ3v) is 3.82. The molecular formula is C19H17F3O4. The maximum atomic E-state index is 12.5. The average molecular weight is 366 g/mol. The minimum atomic E-state index is -4.45. The van der Waals surface area contributed by atoms with Crippen LogP contribution in [0.15, 0.2) is 42.5 Å². The van der Waals surface area contributed by atoms with Crippen molar-refractivity contribution in [1.82, 2.24) is 0 Å². The molecule has 0 aromatic heterocycles. The maximum absolute atomic E-state index is 12.5. The lowest BCUT2D eigenvalue weighted by atomic mass is 10.0. The van der Waals surface area contributed by atoms with Crippen molar-refractivity contribution in [2.75, 3.05) is 14.2 Å². The van der Waals surface area contributed by atoms with Gasteiger partial charge in [-0.25, -0.2) is 0 Å². The molecule has 0 unspecified atom stereocenters. The van der Waals surface area contributed by atoms with Crippen LogP contribution in [0.4, 0.5) is 13.2 Å². The first-order valence-electron chi connectivity index (χ1n) is 7.72. The molecule has 0 heterocycles. The number of ether oxygens (including phenoxy) is 2. The zero-order chi connectivity index (χ0) is 19.3. The average Bonchev–Trinajstić information content (AvgIpc) is 2.64. The van der Waals surface area contributed by atoms with E-state index in [0.29, 0.717) is 17.1 Å². The largest absolute Gasteiger partial charge is 0.493 e. The highest BCUT2D eigenvalue weighted by atomic mass is 19.4. The fourth-order valence-corrected chi connectivity index (χ4v) is 2.37. The summed E-state index contributed by atoms with van der Waals surface area (Å²) in [6.45, 7) is 0. The number of carbonyl (C=O) groups is 2. The summed E-state index contributed by atoms with van der Waals surface area (Å²) in [5, 5.41) is 0. The van der Waals surface area contributed by atoms with Gasteiger partial charge in [-0.2, -0.15) is 13.2 Å². The van der Waals surface area contributed by atoms with Crippen LogP contribution >= 0.6 is 0 Å². The number of carbonyl (C=O) groups excluding carboxylic acids is 2. The Morgan fingerprint density at radius 2 is 1.31 bits per heavy atom. The van der Waals surface area contributed by atoms with Crippen molar-refractivity contribution in [3.63, 3.8) is 0 Å². The van der Waals surface area contributed by atoms with E-state index in [0.717, 1.165) is 24.3 Å². The second kappa shape index (κ2) is 8.03. The second-order valence-corrected chi connectivity index (χ2v) is 5.49. The summed E-state index contributed by atoms with van der Waals surface area (Å²) in [6, 6.07) is 8.60. The molecule has 7 heteroatoms. The van der Waals surface area contributed by atoms with Crippen LogP contribution in [0.1, 0.15) is 39.1 Å². The molecule has 2 aromatic carbocycles. The zero-order valence-electron chi connectivity index (χ0n) is 14.2. The van der Waals surface area contributed by atoms with Crippen LogP contribution in [0.5, 0.6) is 11.5 Å². The van der Waals surface area contributed by atoms with Crippen molar-refractivity contribution in [2.24, 2.45) is 0 Å². The van der Waals surface area contributed by atoms with Crippen LogP contribution < -0.4 is 9.47 Å². The van der Waals surface area contributed by atoms with Crippen LogP contribution in [0.3, 0.4) is 0 Å². The topological polar surface area (TPSA) is 52.6 Å². The smallest absolute Gasteiger partial charge is 0.416 e. The summed E-state index contributed by atoms with van der Waals surface area (Å²) >= 11 is 0. The number of ketones is 2. The molecule has 0 spiro atoms. The van der Waals surface area contributed by atoms with Gasteiger partial charge in [0.1, 0.15) is 0 Å². The first-order chi connectivity index (χ1) is 12.3. The summed E-state index contributed by atoms with van der Waals surface area (Å²) in [4.78, 5) is 24.3. The second-order valence-electron chi connectivity index (χ2n) is 5.49. The van der Waals surface area contributed by atoms with Gasteiger partial charge in [0.2, 0.25) is 0 Å². The van der Waals surface area contributed by atoms with E-state index in [1.54, 1.807) is 12.1 Å². The fourth-order valence-electron chi connectivity index (χ4n) is 2.37. The van der Waals surface area contributed by atoms with E-state index in [9.17, 15) is 22.8 Å². The highest BCUT2D eigenvalue weighted by molar-refractivity contribution is 6.02. The number of rotatable bonds is 7. The van der Waals surface area contributed by atoms with Crippen LogP contribution in [-0.4, -0.2) is 25.8 Å². The Bertz CT molecular complexity index is 795. The first kappa shape index (κ1) is 19.5. The highest BCUT2D eigenvalue weighted by Gasteiger charge is 2.30. The normalized spacial score (nSPS) is 11.1. The van der Waals surface area contributed by atoms with Crippen molar-refractivity contribution in [3.8, 4) is 11.5 Å². The molecule has 0 aliphatic rings. The van der Waals surface area contributed by atoms with Gasteiger partial charge in [-0.05, 0) is 30.3 Å². The van der Waals surface area contributed by atoms with E-state index in [2.05, 4.69) is 0 Å². The highest BCUT2D eigenvalue weighted by Crippen LogP contribution is 2.30. The number of Topliss-reactive ketones (excluding diaryl/α,β-unsaturated/α-hetero) is 2. The molecule has 0 atom stereocenters. The molecule has 4 nitrogen and oxygen atoms in total. The van der Waals surface area contributed by atoms with E-state index in [-0.39, 0.29) is 24.2 Å². The van der Waals surface area contributed by atoms with Crippen molar-refractivity contribution in [2.45, 2.75) is 19.0 Å². The predicted molar refractivity (Wildman–Crippen MR) is 88.9 cm³/mol. The third kappa shape index (κ3) is 4.62. The molecule has 0 aliphatic heterocycles. The van der Waals surface area contributed by atoms with Crippen LogP contribution in [-0.2, 0) is 6.18 Å². The van der Waals surface area contributed by atoms with Gasteiger partial charge >= 0.3 is 6.18 Å². The third-order valence-electron chi connectivity index (χ3n) is 3.82. The predicted octanol–water partition coefficient (Wildman–Crippen LogP) is 4.57. The van der Waals surface area contributed by atoms with Gasteiger partial charge in [0.15, 0.2) is 23.1 Å². The summed E-state index contributed by atoms with van der Waals surface area (Å²) in [7, 11) is 2.92. The number of alkyl halides is 3. The van der Waals surface area contributed by atoms with E-state index in [1.807, 2.05) is 0 Å². The summed E-state index contributed by atoms with van der Waals surface area (Å²) in [5.74, 6) is 0.205. The fraction of sp³-hybridized carbons (Fsp3) is 0.263. The summed E-state index contributed by atoms with van der Waals surface area (Å²) in [6.07, 6.45) is -4.61. The molecule has 2 aromatic rings. The lowest BCUT2D eigenvalue weighted by Crippen LogP contribution is -2.08.